The second-order valence-corrected chi connectivity index (χ2v) is 5.80. The molecule has 0 bridgehead atoms. The number of nitrogens with one attached hydrogen (secondary N) is 1. The molecule has 0 aliphatic heterocycles. The fraction of sp³-hybridized carbons (Fsp3) is 0.474. The highest BCUT2D eigenvalue weighted by Crippen LogP contribution is 2.29. The van der Waals surface area contributed by atoms with Gasteiger partial charge in [0.2, 0.25) is 0 Å². The number of rotatable bonds is 11. The summed E-state index contributed by atoms with van der Waals surface area (Å²) in [6.07, 6.45) is 5.16. The van der Waals surface area contributed by atoms with Crippen LogP contribution in [0.4, 0.5) is 5.69 Å². The first-order chi connectivity index (χ1) is 12.7. The van der Waals surface area contributed by atoms with Gasteiger partial charge in [-0.15, -0.1) is 0 Å². The highest BCUT2D eigenvalue weighted by atomic mass is 16.5. The van der Waals surface area contributed by atoms with Crippen molar-refractivity contribution in [2.24, 2.45) is 0 Å². The number of carbonyl (C=O) groups excluding carboxylic acids is 1. The fourth-order valence-corrected chi connectivity index (χ4v) is 2.24. The van der Waals surface area contributed by atoms with Crippen LogP contribution in [0.1, 0.15) is 37.0 Å². The zero-order valence-electron chi connectivity index (χ0n) is 15.7. The maximum atomic E-state index is 12.5. The minimum absolute atomic E-state index is 0.223. The van der Waals surface area contributed by atoms with Gasteiger partial charge in [-0.05, 0) is 31.0 Å². The van der Waals surface area contributed by atoms with Crippen LogP contribution in [0, 0.1) is 0 Å². The smallest absolute Gasteiger partial charge is 0.255 e. The predicted octanol–water partition coefficient (Wildman–Crippen LogP) is 3.36. The number of benzene rings is 1. The summed E-state index contributed by atoms with van der Waals surface area (Å²) in [5.41, 5.74) is 1.14. The fourth-order valence-electron chi connectivity index (χ4n) is 2.24. The van der Waals surface area contributed by atoms with Gasteiger partial charge in [0.25, 0.3) is 5.91 Å². The van der Waals surface area contributed by atoms with Crippen LogP contribution in [0.2, 0.25) is 0 Å². The largest absolute Gasteiger partial charge is 0.490 e. The molecule has 0 atom stereocenters. The number of amides is 1. The number of hydrogen-bond donors (Lipinski definition) is 1. The molecular formula is C19H27N3O4. The maximum Gasteiger partial charge on any atom is 0.255 e. The average molecular weight is 361 g/mol. The Bertz CT molecular complexity index is 700. The molecule has 1 aromatic carbocycles. The first kappa shape index (κ1) is 19.8. The lowest BCUT2D eigenvalue weighted by atomic mass is 10.2. The molecule has 7 heteroatoms. The Morgan fingerprint density at radius 2 is 1.85 bits per heavy atom. The van der Waals surface area contributed by atoms with Gasteiger partial charge in [0.1, 0.15) is 0 Å². The minimum atomic E-state index is -0.223. The van der Waals surface area contributed by atoms with Gasteiger partial charge < -0.3 is 19.5 Å². The Balaban J connectivity index is 2.08. The van der Waals surface area contributed by atoms with Crippen LogP contribution in [0.25, 0.3) is 0 Å². The van der Waals surface area contributed by atoms with Crippen molar-refractivity contribution in [1.29, 1.82) is 0 Å². The Labute approximate surface area is 154 Å². The number of ether oxygens (including phenoxy) is 3. The molecule has 1 amide bonds. The Morgan fingerprint density at radius 3 is 2.54 bits per heavy atom. The summed E-state index contributed by atoms with van der Waals surface area (Å²) in [6.45, 7) is 6.44. The number of aromatic nitrogens is 2. The van der Waals surface area contributed by atoms with E-state index in [1.165, 1.54) is 0 Å². The van der Waals surface area contributed by atoms with Crippen molar-refractivity contribution in [2.45, 2.75) is 33.2 Å². The van der Waals surface area contributed by atoms with Crippen molar-refractivity contribution < 1.29 is 19.0 Å². The van der Waals surface area contributed by atoms with Crippen molar-refractivity contribution >= 4 is 11.6 Å². The van der Waals surface area contributed by atoms with Crippen LogP contribution < -0.4 is 14.8 Å². The minimum Gasteiger partial charge on any atom is -0.490 e. The van der Waals surface area contributed by atoms with Gasteiger partial charge in [0, 0.05) is 18.9 Å². The summed E-state index contributed by atoms with van der Waals surface area (Å²) in [5.74, 6) is 1.02. The standard InChI is InChI=1S/C19H27N3O4/c1-4-9-25-17-7-6-15(12-18(17)26-10-5-2)19(23)21-16-13-20-22(14-16)8-11-24-3/h6-7,12-14H,4-5,8-11H2,1-3H3,(H,21,23). The van der Waals surface area contributed by atoms with Gasteiger partial charge in [-0.25, -0.2) is 0 Å². The maximum absolute atomic E-state index is 12.5. The molecule has 2 rings (SSSR count). The number of methoxy groups -OCH3 is 1. The Kier molecular flexibility index (Phi) is 7.95. The van der Waals surface area contributed by atoms with E-state index in [4.69, 9.17) is 14.2 Å². The molecule has 1 N–H and O–H groups in total. The zero-order chi connectivity index (χ0) is 18.8. The van der Waals surface area contributed by atoms with Gasteiger partial charge in [0.05, 0.1) is 38.2 Å². The van der Waals surface area contributed by atoms with Crippen molar-refractivity contribution in [3.63, 3.8) is 0 Å². The zero-order valence-corrected chi connectivity index (χ0v) is 15.7. The summed E-state index contributed by atoms with van der Waals surface area (Å²) in [6, 6.07) is 5.22. The lowest BCUT2D eigenvalue weighted by Crippen LogP contribution is -2.12. The Hall–Kier alpha value is -2.54. The van der Waals surface area contributed by atoms with E-state index >= 15 is 0 Å². The first-order valence-corrected chi connectivity index (χ1v) is 8.90. The molecule has 0 radical (unpaired) electrons. The van der Waals surface area contributed by atoms with Gasteiger partial charge in [-0.1, -0.05) is 13.8 Å². The van der Waals surface area contributed by atoms with E-state index in [2.05, 4.69) is 10.4 Å². The first-order valence-electron chi connectivity index (χ1n) is 8.90. The quantitative estimate of drug-likeness (QED) is 0.664. The van der Waals surface area contributed by atoms with Crippen LogP contribution in [-0.4, -0.2) is 42.6 Å². The number of hydrogen-bond acceptors (Lipinski definition) is 5. The van der Waals surface area contributed by atoms with Crippen molar-refractivity contribution in [3.8, 4) is 11.5 Å². The molecule has 0 unspecified atom stereocenters. The number of anilines is 1. The summed E-state index contributed by atoms with van der Waals surface area (Å²) < 4.78 is 18.2. The van der Waals surface area contributed by atoms with E-state index in [1.54, 1.807) is 42.4 Å². The molecule has 7 nitrogen and oxygen atoms in total. The molecule has 1 aromatic heterocycles. The summed E-state index contributed by atoms with van der Waals surface area (Å²) >= 11 is 0. The van der Waals surface area contributed by atoms with Crippen molar-refractivity contribution in [3.05, 3.63) is 36.2 Å². The average Bonchev–Trinajstić information content (AvgIpc) is 3.10. The van der Waals surface area contributed by atoms with E-state index in [0.717, 1.165) is 12.8 Å². The van der Waals surface area contributed by atoms with Crippen molar-refractivity contribution in [1.82, 2.24) is 9.78 Å². The highest BCUT2D eigenvalue weighted by molar-refractivity contribution is 6.04. The second-order valence-electron chi connectivity index (χ2n) is 5.80. The molecule has 0 saturated carbocycles. The topological polar surface area (TPSA) is 74.6 Å². The molecule has 0 saturated heterocycles. The monoisotopic (exact) mass is 361 g/mol. The molecule has 0 aliphatic rings. The molecule has 26 heavy (non-hydrogen) atoms. The molecule has 1 heterocycles. The lowest BCUT2D eigenvalue weighted by Gasteiger charge is -2.13. The SMILES string of the molecule is CCCOc1ccc(C(=O)Nc2cnn(CCOC)c2)cc1OCCC. The molecule has 142 valence electrons. The predicted molar refractivity (Wildman–Crippen MR) is 100 cm³/mol. The second kappa shape index (κ2) is 10.5. The number of carbonyl (C=O) groups is 1. The van der Waals surface area contributed by atoms with E-state index in [0.29, 0.717) is 49.1 Å². The van der Waals surface area contributed by atoms with E-state index in [1.807, 2.05) is 13.8 Å². The summed E-state index contributed by atoms with van der Waals surface area (Å²) in [7, 11) is 1.64. The molecule has 0 spiro atoms. The van der Waals surface area contributed by atoms with E-state index in [9.17, 15) is 4.79 Å². The van der Waals surface area contributed by atoms with Crippen LogP contribution >= 0.6 is 0 Å². The lowest BCUT2D eigenvalue weighted by molar-refractivity contribution is 0.102. The highest BCUT2D eigenvalue weighted by Gasteiger charge is 2.13. The van der Waals surface area contributed by atoms with Crippen LogP contribution in [0.3, 0.4) is 0 Å². The van der Waals surface area contributed by atoms with Crippen LogP contribution in [0.5, 0.6) is 11.5 Å². The third kappa shape index (κ3) is 5.77. The van der Waals surface area contributed by atoms with E-state index < -0.39 is 0 Å². The summed E-state index contributed by atoms with van der Waals surface area (Å²) in [4.78, 5) is 12.5. The van der Waals surface area contributed by atoms with Gasteiger partial charge in [0.15, 0.2) is 11.5 Å². The van der Waals surface area contributed by atoms with Gasteiger partial charge in [-0.3, -0.25) is 9.48 Å². The normalized spacial score (nSPS) is 10.6. The molecule has 2 aromatic rings. The van der Waals surface area contributed by atoms with Crippen LogP contribution in [-0.2, 0) is 11.3 Å². The molecular weight excluding hydrogens is 334 g/mol. The molecule has 0 aliphatic carbocycles. The molecule has 0 fully saturated rings. The summed E-state index contributed by atoms with van der Waals surface area (Å²) in [5, 5.41) is 7.03. The number of nitrogens with zero attached hydrogens (tertiary/aromatic N) is 2. The van der Waals surface area contributed by atoms with Gasteiger partial charge in [-0.2, -0.15) is 5.10 Å². The van der Waals surface area contributed by atoms with Crippen LogP contribution in [0.15, 0.2) is 30.6 Å². The Morgan fingerprint density at radius 1 is 1.12 bits per heavy atom. The van der Waals surface area contributed by atoms with Gasteiger partial charge >= 0.3 is 0 Å². The third-order valence-corrected chi connectivity index (χ3v) is 3.54. The van der Waals surface area contributed by atoms with E-state index in [-0.39, 0.29) is 5.91 Å². The van der Waals surface area contributed by atoms with Crippen molar-refractivity contribution in [2.75, 3.05) is 32.2 Å². The third-order valence-electron chi connectivity index (χ3n) is 3.54.